The summed E-state index contributed by atoms with van der Waals surface area (Å²) in [5, 5.41) is 7.09. The predicted octanol–water partition coefficient (Wildman–Crippen LogP) is 2.03. The Balaban J connectivity index is 2.59. The van der Waals surface area contributed by atoms with E-state index in [4.69, 9.17) is 0 Å². The number of methoxy groups -OCH3 is 1. The monoisotopic (exact) mass is 199 g/mol. The molecule has 1 atom stereocenters. The molecule has 4 heteroatoms. The Morgan fingerprint density at radius 3 is 2.77 bits per heavy atom. The molecule has 0 bridgehead atoms. The number of carbonyl (C=O) groups excluding carboxylic acids is 1. The molecule has 0 radical (unpaired) electrons. The van der Waals surface area contributed by atoms with Crippen molar-refractivity contribution in [1.29, 1.82) is 0 Å². The van der Waals surface area contributed by atoms with Gasteiger partial charge in [0.2, 0.25) is 0 Å². The first-order valence-electron chi connectivity index (χ1n) is 4.02. The van der Waals surface area contributed by atoms with E-state index in [9.17, 15) is 4.79 Å². The molecule has 0 spiro atoms. The molecule has 0 aromatic carbocycles. The number of esters is 1. The zero-order valence-corrected chi connectivity index (χ0v) is 8.77. The lowest BCUT2D eigenvalue weighted by Crippen LogP contribution is -2.27. The molecule has 0 aliphatic heterocycles. The molecule has 1 heterocycles. The first-order chi connectivity index (χ1) is 6.15. The Hall–Kier alpha value is -1.03. The summed E-state index contributed by atoms with van der Waals surface area (Å²) in [6, 6.07) is -0.293. The zero-order valence-electron chi connectivity index (χ0n) is 7.96. The van der Waals surface area contributed by atoms with Gasteiger partial charge in [0.25, 0.3) is 0 Å². The van der Waals surface area contributed by atoms with E-state index in [1.165, 1.54) is 7.11 Å². The molecule has 0 fully saturated rings. The number of rotatable bonds is 3. The Morgan fingerprint density at radius 2 is 2.31 bits per heavy atom. The third-order valence-corrected chi connectivity index (χ3v) is 2.64. The summed E-state index contributed by atoms with van der Waals surface area (Å²) in [7, 11) is 1.39. The molecule has 0 saturated heterocycles. The maximum absolute atomic E-state index is 11.1. The highest BCUT2D eigenvalue weighted by atomic mass is 32.1. The fraction of sp³-hybridized carbons (Fsp3) is 0.444. The number of carbonyl (C=O) groups is 1. The molecule has 0 aliphatic rings. The summed E-state index contributed by atoms with van der Waals surface area (Å²) in [6.45, 7) is 3.78. The lowest BCUT2D eigenvalue weighted by Gasteiger charge is -2.11. The Kier molecular flexibility index (Phi) is 3.31. The van der Waals surface area contributed by atoms with Crippen LogP contribution >= 0.6 is 11.3 Å². The highest BCUT2D eigenvalue weighted by molar-refractivity contribution is 7.08. The fourth-order valence-corrected chi connectivity index (χ4v) is 1.77. The first kappa shape index (κ1) is 10.1. The van der Waals surface area contributed by atoms with Crippen LogP contribution in [0.15, 0.2) is 10.8 Å². The molecule has 1 rings (SSSR count). The number of hydrogen-bond acceptors (Lipinski definition) is 4. The van der Waals surface area contributed by atoms with Gasteiger partial charge in [0.15, 0.2) is 0 Å². The van der Waals surface area contributed by atoms with Crippen LogP contribution < -0.4 is 5.32 Å². The van der Waals surface area contributed by atoms with Crippen LogP contribution in [0.2, 0.25) is 0 Å². The molecule has 1 aromatic rings. The van der Waals surface area contributed by atoms with E-state index in [-0.39, 0.29) is 12.0 Å². The minimum absolute atomic E-state index is 0.245. The average molecular weight is 199 g/mol. The second-order valence-electron chi connectivity index (χ2n) is 2.86. The summed E-state index contributed by atoms with van der Waals surface area (Å²) in [6.07, 6.45) is 0. The van der Waals surface area contributed by atoms with Gasteiger partial charge >= 0.3 is 5.97 Å². The van der Waals surface area contributed by atoms with Crippen molar-refractivity contribution >= 4 is 23.0 Å². The van der Waals surface area contributed by atoms with Crippen LogP contribution in [0.5, 0.6) is 0 Å². The standard InChI is InChI=1S/C9H13NO2S/c1-6-4-13-5-8(6)10-7(2)9(11)12-3/h4-5,7,10H,1-3H3. The number of nitrogens with one attached hydrogen (secondary N) is 1. The minimum atomic E-state index is -0.293. The molecule has 0 aliphatic carbocycles. The average Bonchev–Trinajstić information content (AvgIpc) is 2.50. The van der Waals surface area contributed by atoms with Gasteiger partial charge in [-0.3, -0.25) is 0 Å². The summed E-state index contributed by atoms with van der Waals surface area (Å²) in [4.78, 5) is 11.1. The smallest absolute Gasteiger partial charge is 0.327 e. The third-order valence-electron chi connectivity index (χ3n) is 1.78. The van der Waals surface area contributed by atoms with Crippen LogP contribution in [0.3, 0.4) is 0 Å². The summed E-state index contributed by atoms with van der Waals surface area (Å²) in [5.74, 6) is -0.245. The summed E-state index contributed by atoms with van der Waals surface area (Å²) >= 11 is 1.61. The molecule has 72 valence electrons. The third kappa shape index (κ3) is 2.45. The van der Waals surface area contributed by atoms with E-state index in [2.05, 4.69) is 10.1 Å². The molecular formula is C9H13NO2S. The number of aryl methyl sites for hydroxylation is 1. The van der Waals surface area contributed by atoms with Gasteiger partial charge in [-0.15, -0.1) is 11.3 Å². The van der Waals surface area contributed by atoms with Crippen molar-refractivity contribution in [3.63, 3.8) is 0 Å². The van der Waals surface area contributed by atoms with Crippen molar-refractivity contribution in [3.8, 4) is 0 Å². The van der Waals surface area contributed by atoms with Crippen molar-refractivity contribution in [3.05, 3.63) is 16.3 Å². The lowest BCUT2D eigenvalue weighted by molar-refractivity contribution is -0.141. The van der Waals surface area contributed by atoms with Gasteiger partial charge in [-0.2, -0.15) is 0 Å². The quantitative estimate of drug-likeness (QED) is 0.757. The molecular weight excluding hydrogens is 186 g/mol. The maximum atomic E-state index is 11.1. The maximum Gasteiger partial charge on any atom is 0.327 e. The van der Waals surface area contributed by atoms with Crippen LogP contribution in [0.4, 0.5) is 5.69 Å². The molecule has 1 N–H and O–H groups in total. The van der Waals surface area contributed by atoms with Gasteiger partial charge < -0.3 is 10.1 Å². The minimum Gasteiger partial charge on any atom is -0.467 e. The Morgan fingerprint density at radius 1 is 1.62 bits per heavy atom. The van der Waals surface area contributed by atoms with E-state index in [1.807, 2.05) is 17.7 Å². The lowest BCUT2D eigenvalue weighted by atomic mass is 10.3. The van der Waals surface area contributed by atoms with E-state index in [0.29, 0.717) is 0 Å². The van der Waals surface area contributed by atoms with Gasteiger partial charge in [0, 0.05) is 11.1 Å². The van der Waals surface area contributed by atoms with E-state index in [0.717, 1.165) is 11.3 Å². The Labute approximate surface area is 81.7 Å². The SMILES string of the molecule is COC(=O)C(C)Nc1cscc1C. The highest BCUT2D eigenvalue weighted by Gasteiger charge is 2.13. The largest absolute Gasteiger partial charge is 0.467 e. The van der Waals surface area contributed by atoms with Gasteiger partial charge in [-0.25, -0.2) is 4.79 Å². The summed E-state index contributed by atoms with van der Waals surface area (Å²) < 4.78 is 4.60. The van der Waals surface area contributed by atoms with E-state index >= 15 is 0 Å². The highest BCUT2D eigenvalue weighted by Crippen LogP contribution is 2.20. The van der Waals surface area contributed by atoms with E-state index in [1.54, 1.807) is 18.3 Å². The van der Waals surface area contributed by atoms with Crippen LogP contribution in [0.1, 0.15) is 12.5 Å². The first-order valence-corrected chi connectivity index (χ1v) is 4.96. The molecule has 13 heavy (non-hydrogen) atoms. The van der Waals surface area contributed by atoms with Gasteiger partial charge in [0.1, 0.15) is 6.04 Å². The number of anilines is 1. The fourth-order valence-electron chi connectivity index (χ4n) is 0.977. The second-order valence-corrected chi connectivity index (χ2v) is 3.60. The van der Waals surface area contributed by atoms with Crippen molar-refractivity contribution in [1.82, 2.24) is 0 Å². The zero-order chi connectivity index (χ0) is 9.84. The van der Waals surface area contributed by atoms with Crippen LogP contribution in [-0.2, 0) is 9.53 Å². The normalized spacial score (nSPS) is 12.2. The second kappa shape index (κ2) is 4.28. The van der Waals surface area contributed by atoms with Crippen molar-refractivity contribution in [2.75, 3.05) is 12.4 Å². The molecule has 0 saturated carbocycles. The van der Waals surface area contributed by atoms with Gasteiger partial charge in [-0.1, -0.05) is 0 Å². The summed E-state index contributed by atoms with van der Waals surface area (Å²) in [5.41, 5.74) is 2.16. The Bertz CT molecular complexity index is 296. The van der Waals surface area contributed by atoms with E-state index < -0.39 is 0 Å². The van der Waals surface area contributed by atoms with Crippen LogP contribution in [-0.4, -0.2) is 19.1 Å². The number of hydrogen-bond donors (Lipinski definition) is 1. The predicted molar refractivity (Wildman–Crippen MR) is 54.2 cm³/mol. The van der Waals surface area contributed by atoms with Gasteiger partial charge in [0.05, 0.1) is 7.11 Å². The van der Waals surface area contributed by atoms with Crippen molar-refractivity contribution in [2.24, 2.45) is 0 Å². The van der Waals surface area contributed by atoms with Crippen LogP contribution in [0, 0.1) is 6.92 Å². The van der Waals surface area contributed by atoms with Gasteiger partial charge in [-0.05, 0) is 24.8 Å². The van der Waals surface area contributed by atoms with Crippen LogP contribution in [0.25, 0.3) is 0 Å². The number of thiophene rings is 1. The topological polar surface area (TPSA) is 38.3 Å². The van der Waals surface area contributed by atoms with Crippen molar-refractivity contribution in [2.45, 2.75) is 19.9 Å². The molecule has 3 nitrogen and oxygen atoms in total. The molecule has 0 amide bonds. The molecule has 1 unspecified atom stereocenters. The van der Waals surface area contributed by atoms with Crippen molar-refractivity contribution < 1.29 is 9.53 Å². The number of ether oxygens (including phenoxy) is 1. The molecule has 1 aromatic heterocycles.